The Morgan fingerprint density at radius 1 is 1.14 bits per heavy atom. The minimum absolute atomic E-state index is 0.160. The van der Waals surface area contributed by atoms with Crippen LogP contribution in [0.2, 0.25) is 0 Å². The molecule has 1 N–H and O–H groups in total. The summed E-state index contributed by atoms with van der Waals surface area (Å²) in [6.45, 7) is -0.0247. The molecule has 2 heterocycles. The van der Waals surface area contributed by atoms with Gasteiger partial charge in [0.2, 0.25) is 5.91 Å². The number of rotatable bonds is 5. The number of amides is 2. The van der Waals surface area contributed by atoms with E-state index < -0.39 is 11.6 Å². The lowest BCUT2D eigenvalue weighted by Gasteiger charge is -2.29. The molecule has 0 saturated heterocycles. The Bertz CT molecular complexity index is 1050. The lowest BCUT2D eigenvalue weighted by Crippen LogP contribution is -2.35. The van der Waals surface area contributed by atoms with Gasteiger partial charge in [-0.15, -0.1) is 11.8 Å². The zero-order valence-corrected chi connectivity index (χ0v) is 16.0. The summed E-state index contributed by atoms with van der Waals surface area (Å²) in [5.41, 5.74) is 0.607. The number of benzene rings is 2. The summed E-state index contributed by atoms with van der Waals surface area (Å²) in [6.07, 6.45) is 1.52. The van der Waals surface area contributed by atoms with Gasteiger partial charge in [-0.05, 0) is 42.5 Å². The molecule has 2 aromatic carbocycles. The molecule has 0 bridgehead atoms. The van der Waals surface area contributed by atoms with E-state index in [9.17, 15) is 18.4 Å². The van der Waals surface area contributed by atoms with Gasteiger partial charge in [-0.2, -0.15) is 0 Å². The number of hydrogen-bond acceptors (Lipinski definition) is 4. The molecular weight excluding hydrogens is 398 g/mol. The Kier molecular flexibility index (Phi) is 5.35. The minimum atomic E-state index is -0.718. The maximum atomic E-state index is 14.1. The van der Waals surface area contributed by atoms with E-state index in [0.717, 1.165) is 17.0 Å². The van der Waals surface area contributed by atoms with Crippen LogP contribution in [0.1, 0.15) is 21.7 Å². The van der Waals surface area contributed by atoms with E-state index in [1.807, 2.05) is 0 Å². The molecule has 0 radical (unpaired) electrons. The largest absolute Gasteiger partial charge is 0.467 e. The molecule has 4 rings (SSSR count). The second-order valence-electron chi connectivity index (χ2n) is 6.41. The first-order valence-corrected chi connectivity index (χ1v) is 9.82. The van der Waals surface area contributed by atoms with Gasteiger partial charge in [0.05, 0.1) is 30.8 Å². The number of nitrogens with one attached hydrogen (secondary N) is 1. The summed E-state index contributed by atoms with van der Waals surface area (Å²) in [5.74, 6) is -1.29. The number of anilines is 1. The van der Waals surface area contributed by atoms with Crippen LogP contribution < -0.4 is 10.2 Å². The average Bonchev–Trinajstić information content (AvgIpc) is 3.23. The molecule has 3 aromatic rings. The highest BCUT2D eigenvalue weighted by Crippen LogP contribution is 2.37. The van der Waals surface area contributed by atoms with Gasteiger partial charge < -0.3 is 14.6 Å². The van der Waals surface area contributed by atoms with Gasteiger partial charge in [-0.3, -0.25) is 9.59 Å². The number of thioether (sulfide) groups is 1. The molecule has 5 nitrogen and oxygen atoms in total. The molecule has 0 saturated carbocycles. The summed E-state index contributed by atoms with van der Waals surface area (Å²) in [4.78, 5) is 27.1. The van der Waals surface area contributed by atoms with Gasteiger partial charge in [0, 0.05) is 16.0 Å². The third kappa shape index (κ3) is 4.02. The van der Waals surface area contributed by atoms with Crippen LogP contribution in [0.15, 0.2) is 64.1 Å². The maximum Gasteiger partial charge on any atom is 0.251 e. The van der Waals surface area contributed by atoms with E-state index in [-0.39, 0.29) is 36.2 Å². The maximum absolute atomic E-state index is 14.1. The highest BCUT2D eigenvalue weighted by Gasteiger charge is 2.27. The van der Waals surface area contributed by atoms with Crippen LogP contribution in [0.5, 0.6) is 0 Å². The van der Waals surface area contributed by atoms with Crippen LogP contribution in [0.4, 0.5) is 14.5 Å². The van der Waals surface area contributed by atoms with Crippen molar-refractivity contribution < 1.29 is 22.8 Å². The smallest absolute Gasteiger partial charge is 0.251 e. The van der Waals surface area contributed by atoms with E-state index >= 15 is 0 Å². The predicted molar refractivity (Wildman–Crippen MR) is 105 cm³/mol. The molecule has 0 aliphatic carbocycles. The number of furan rings is 1. The van der Waals surface area contributed by atoms with Crippen molar-refractivity contribution >= 4 is 29.3 Å². The van der Waals surface area contributed by atoms with Gasteiger partial charge in [0.15, 0.2) is 0 Å². The SMILES string of the molecule is O=C(NCc1ccco1)c1ccc2c(c1)N(Cc1c(F)cccc1F)C(=O)CS2. The van der Waals surface area contributed by atoms with Crippen molar-refractivity contribution in [2.75, 3.05) is 10.7 Å². The summed E-state index contributed by atoms with van der Waals surface area (Å²) in [6, 6.07) is 12.0. The normalized spacial score (nSPS) is 13.3. The van der Waals surface area contributed by atoms with Crippen molar-refractivity contribution in [2.24, 2.45) is 0 Å². The Morgan fingerprint density at radius 2 is 1.93 bits per heavy atom. The Labute approximate surface area is 169 Å². The molecule has 0 spiro atoms. The minimum Gasteiger partial charge on any atom is -0.467 e. The van der Waals surface area contributed by atoms with Gasteiger partial charge in [0.25, 0.3) is 5.91 Å². The Balaban J connectivity index is 1.60. The van der Waals surface area contributed by atoms with Crippen molar-refractivity contribution in [1.82, 2.24) is 5.32 Å². The number of halogens is 2. The zero-order chi connectivity index (χ0) is 20.4. The quantitative estimate of drug-likeness (QED) is 0.682. The monoisotopic (exact) mass is 414 g/mol. The van der Waals surface area contributed by atoms with Crippen LogP contribution in [0.25, 0.3) is 0 Å². The number of carbonyl (C=O) groups is 2. The molecule has 148 valence electrons. The Hall–Kier alpha value is -3.13. The van der Waals surface area contributed by atoms with Crippen LogP contribution >= 0.6 is 11.8 Å². The molecule has 1 aromatic heterocycles. The number of hydrogen-bond donors (Lipinski definition) is 1. The van der Waals surface area contributed by atoms with Crippen LogP contribution in [0, 0.1) is 11.6 Å². The molecular formula is C21H16F2N2O3S. The fraction of sp³-hybridized carbons (Fsp3) is 0.143. The average molecular weight is 414 g/mol. The van der Waals surface area contributed by atoms with E-state index in [1.54, 1.807) is 30.3 Å². The van der Waals surface area contributed by atoms with Crippen molar-refractivity contribution in [3.63, 3.8) is 0 Å². The summed E-state index contributed by atoms with van der Waals surface area (Å²) in [7, 11) is 0. The first kappa shape index (κ1) is 19.2. The third-order valence-corrected chi connectivity index (χ3v) is 5.59. The highest BCUT2D eigenvalue weighted by molar-refractivity contribution is 8.00. The molecule has 8 heteroatoms. The van der Waals surface area contributed by atoms with Gasteiger partial charge in [0.1, 0.15) is 17.4 Å². The number of nitrogens with zero attached hydrogens (tertiary/aromatic N) is 1. The predicted octanol–water partition coefficient (Wildman–Crippen LogP) is 4.13. The van der Waals surface area contributed by atoms with E-state index in [2.05, 4.69) is 5.32 Å². The second-order valence-corrected chi connectivity index (χ2v) is 7.43. The molecule has 29 heavy (non-hydrogen) atoms. The van der Waals surface area contributed by atoms with Gasteiger partial charge in [-0.25, -0.2) is 8.78 Å². The van der Waals surface area contributed by atoms with E-state index in [1.165, 1.54) is 29.0 Å². The standard InChI is InChI=1S/C21H16F2N2O3S/c22-16-4-1-5-17(23)15(16)11-25-18-9-13(6-7-19(18)29-12-20(25)26)21(27)24-10-14-3-2-8-28-14/h1-9H,10-12H2,(H,24,27). The highest BCUT2D eigenvalue weighted by atomic mass is 32.2. The molecule has 0 fully saturated rings. The lowest BCUT2D eigenvalue weighted by atomic mass is 10.1. The summed E-state index contributed by atoms with van der Waals surface area (Å²) >= 11 is 1.33. The Morgan fingerprint density at radius 3 is 2.66 bits per heavy atom. The molecule has 2 amide bonds. The third-order valence-electron chi connectivity index (χ3n) is 4.55. The fourth-order valence-electron chi connectivity index (χ4n) is 3.04. The number of fused-ring (bicyclic) bond motifs is 1. The van der Waals surface area contributed by atoms with Crippen LogP contribution in [-0.4, -0.2) is 17.6 Å². The topological polar surface area (TPSA) is 62.6 Å². The van der Waals surface area contributed by atoms with Crippen LogP contribution in [0.3, 0.4) is 0 Å². The molecule has 1 aliphatic rings. The van der Waals surface area contributed by atoms with Crippen molar-refractivity contribution in [2.45, 2.75) is 18.0 Å². The van der Waals surface area contributed by atoms with Gasteiger partial charge >= 0.3 is 0 Å². The molecule has 1 aliphatic heterocycles. The van der Waals surface area contributed by atoms with Gasteiger partial charge in [-0.1, -0.05) is 6.07 Å². The summed E-state index contributed by atoms with van der Waals surface area (Å²) < 4.78 is 33.4. The second kappa shape index (κ2) is 8.08. The van der Waals surface area contributed by atoms with Crippen molar-refractivity contribution in [3.05, 3.63) is 83.3 Å². The van der Waals surface area contributed by atoms with Crippen LogP contribution in [-0.2, 0) is 17.9 Å². The molecule has 0 atom stereocenters. The van der Waals surface area contributed by atoms with E-state index in [0.29, 0.717) is 17.0 Å². The van der Waals surface area contributed by atoms with E-state index in [4.69, 9.17) is 4.42 Å². The fourth-order valence-corrected chi connectivity index (χ4v) is 3.96. The molecule has 0 unspecified atom stereocenters. The van der Waals surface area contributed by atoms with Crippen molar-refractivity contribution in [3.8, 4) is 0 Å². The summed E-state index contributed by atoms with van der Waals surface area (Å²) in [5, 5.41) is 2.74. The first-order chi connectivity index (χ1) is 14.0. The zero-order valence-electron chi connectivity index (χ0n) is 15.2. The number of carbonyl (C=O) groups excluding carboxylic acids is 2. The first-order valence-electron chi connectivity index (χ1n) is 8.83. The van der Waals surface area contributed by atoms with Crippen molar-refractivity contribution in [1.29, 1.82) is 0 Å². The lowest BCUT2D eigenvalue weighted by molar-refractivity contribution is -0.116.